The zero-order chi connectivity index (χ0) is 23.1. The van der Waals surface area contributed by atoms with Crippen LogP contribution in [0, 0.1) is 5.82 Å². The standard InChI is InChI=1S/C24H25BrFN3O3/c1-17(2)29(24(31)27-21-11-7-19(25)8-12-21)16-23(30)28(15-22-4-3-13-32-22)14-18-5-9-20(26)10-6-18/h3-13,17H,14-16H2,1-2H3,(H,27,31). The molecule has 0 spiro atoms. The van der Waals surface area contributed by atoms with Gasteiger partial charge in [-0.15, -0.1) is 0 Å². The minimum Gasteiger partial charge on any atom is -0.467 e. The molecule has 0 saturated carbocycles. The molecule has 0 atom stereocenters. The molecule has 1 aromatic heterocycles. The summed E-state index contributed by atoms with van der Waals surface area (Å²) in [7, 11) is 0. The van der Waals surface area contributed by atoms with Gasteiger partial charge in [0.1, 0.15) is 18.1 Å². The van der Waals surface area contributed by atoms with E-state index in [2.05, 4.69) is 21.2 Å². The fourth-order valence-electron chi connectivity index (χ4n) is 3.10. The second kappa shape index (κ2) is 10.9. The van der Waals surface area contributed by atoms with Crippen molar-refractivity contribution in [3.05, 3.63) is 88.5 Å². The molecule has 32 heavy (non-hydrogen) atoms. The maximum absolute atomic E-state index is 13.3. The van der Waals surface area contributed by atoms with Crippen LogP contribution >= 0.6 is 15.9 Å². The summed E-state index contributed by atoms with van der Waals surface area (Å²) in [6.45, 7) is 4.10. The first-order chi connectivity index (χ1) is 15.3. The van der Waals surface area contributed by atoms with E-state index in [1.807, 2.05) is 26.0 Å². The summed E-state index contributed by atoms with van der Waals surface area (Å²) in [4.78, 5) is 29.2. The largest absolute Gasteiger partial charge is 0.467 e. The third-order valence-corrected chi connectivity index (χ3v) is 5.38. The molecule has 0 radical (unpaired) electrons. The molecule has 8 heteroatoms. The summed E-state index contributed by atoms with van der Waals surface area (Å²) >= 11 is 3.37. The van der Waals surface area contributed by atoms with Crippen molar-refractivity contribution in [3.63, 3.8) is 0 Å². The number of anilines is 1. The average Bonchev–Trinajstić information content (AvgIpc) is 3.27. The van der Waals surface area contributed by atoms with Crippen LogP contribution in [0.25, 0.3) is 0 Å². The van der Waals surface area contributed by atoms with Gasteiger partial charge in [0.15, 0.2) is 0 Å². The number of halogens is 2. The molecule has 3 amide bonds. The van der Waals surface area contributed by atoms with E-state index in [9.17, 15) is 14.0 Å². The van der Waals surface area contributed by atoms with E-state index in [1.165, 1.54) is 17.0 Å². The van der Waals surface area contributed by atoms with Crippen molar-refractivity contribution in [1.29, 1.82) is 0 Å². The van der Waals surface area contributed by atoms with Gasteiger partial charge in [0.25, 0.3) is 0 Å². The van der Waals surface area contributed by atoms with Crippen LogP contribution in [0.5, 0.6) is 0 Å². The zero-order valence-electron chi connectivity index (χ0n) is 17.9. The number of amides is 3. The fourth-order valence-corrected chi connectivity index (χ4v) is 3.36. The maximum atomic E-state index is 13.3. The number of carbonyl (C=O) groups is 2. The Morgan fingerprint density at radius 3 is 2.31 bits per heavy atom. The molecule has 3 rings (SSSR count). The summed E-state index contributed by atoms with van der Waals surface area (Å²) in [5.74, 6) is 0.0366. The number of nitrogens with one attached hydrogen (secondary N) is 1. The lowest BCUT2D eigenvalue weighted by Crippen LogP contribution is -2.47. The van der Waals surface area contributed by atoms with E-state index in [0.717, 1.165) is 10.0 Å². The summed E-state index contributed by atoms with van der Waals surface area (Å²) in [5, 5.41) is 2.83. The molecule has 0 unspecified atom stereocenters. The molecule has 0 aliphatic rings. The monoisotopic (exact) mass is 501 g/mol. The molecule has 1 heterocycles. The highest BCUT2D eigenvalue weighted by atomic mass is 79.9. The molecule has 0 fully saturated rings. The Bertz CT molecular complexity index is 1020. The second-order valence-electron chi connectivity index (χ2n) is 7.61. The van der Waals surface area contributed by atoms with E-state index in [-0.39, 0.29) is 43.4 Å². The highest BCUT2D eigenvalue weighted by Crippen LogP contribution is 2.16. The van der Waals surface area contributed by atoms with Gasteiger partial charge in [-0.25, -0.2) is 9.18 Å². The first-order valence-electron chi connectivity index (χ1n) is 10.2. The van der Waals surface area contributed by atoms with Crippen molar-refractivity contribution in [2.75, 3.05) is 11.9 Å². The third kappa shape index (κ3) is 6.68. The van der Waals surface area contributed by atoms with E-state index >= 15 is 0 Å². The van der Waals surface area contributed by atoms with E-state index in [4.69, 9.17) is 4.42 Å². The van der Waals surface area contributed by atoms with Crippen LogP contribution in [0.4, 0.5) is 14.9 Å². The molecule has 168 valence electrons. The number of rotatable bonds is 8. The predicted molar refractivity (Wildman–Crippen MR) is 124 cm³/mol. The van der Waals surface area contributed by atoms with Crippen molar-refractivity contribution < 1.29 is 18.4 Å². The Kier molecular flexibility index (Phi) is 8.05. The number of hydrogen-bond donors (Lipinski definition) is 1. The summed E-state index contributed by atoms with van der Waals surface area (Å²) in [5.41, 5.74) is 1.41. The summed E-state index contributed by atoms with van der Waals surface area (Å²) in [6, 6.07) is 16.2. The van der Waals surface area contributed by atoms with Gasteiger partial charge in [0, 0.05) is 22.7 Å². The third-order valence-electron chi connectivity index (χ3n) is 4.85. The molecule has 3 aromatic rings. The van der Waals surface area contributed by atoms with Crippen LogP contribution in [0.15, 0.2) is 75.8 Å². The molecule has 0 bridgehead atoms. The Morgan fingerprint density at radius 2 is 1.72 bits per heavy atom. The number of urea groups is 1. The SMILES string of the molecule is CC(C)N(CC(=O)N(Cc1ccc(F)cc1)Cc1ccco1)C(=O)Nc1ccc(Br)cc1. The number of carbonyl (C=O) groups excluding carboxylic acids is 2. The Balaban J connectivity index is 1.74. The molecule has 0 saturated heterocycles. The summed E-state index contributed by atoms with van der Waals surface area (Å²) in [6.07, 6.45) is 1.54. The number of furan rings is 1. The van der Waals surface area contributed by atoms with Crippen LogP contribution < -0.4 is 5.32 Å². The van der Waals surface area contributed by atoms with Crippen molar-refractivity contribution >= 4 is 33.6 Å². The van der Waals surface area contributed by atoms with Gasteiger partial charge in [-0.3, -0.25) is 4.79 Å². The molecular formula is C24H25BrFN3O3. The predicted octanol–water partition coefficient (Wildman–Crippen LogP) is 5.65. The van der Waals surface area contributed by atoms with Gasteiger partial charge in [-0.05, 0) is 67.9 Å². The van der Waals surface area contributed by atoms with Crippen molar-refractivity contribution in [3.8, 4) is 0 Å². The van der Waals surface area contributed by atoms with Crippen LogP contribution in [-0.4, -0.2) is 34.3 Å². The van der Waals surface area contributed by atoms with Crippen LogP contribution in [-0.2, 0) is 17.9 Å². The van der Waals surface area contributed by atoms with E-state index in [0.29, 0.717) is 11.4 Å². The van der Waals surface area contributed by atoms with Gasteiger partial charge < -0.3 is 19.5 Å². The minimum atomic E-state index is -0.365. The van der Waals surface area contributed by atoms with Crippen LogP contribution in [0.1, 0.15) is 25.2 Å². The van der Waals surface area contributed by atoms with Crippen LogP contribution in [0.2, 0.25) is 0 Å². The van der Waals surface area contributed by atoms with Crippen LogP contribution in [0.3, 0.4) is 0 Å². The Morgan fingerprint density at radius 1 is 1.03 bits per heavy atom. The fraction of sp³-hybridized carbons (Fsp3) is 0.250. The molecule has 0 aliphatic heterocycles. The molecular weight excluding hydrogens is 477 g/mol. The molecule has 1 N–H and O–H groups in total. The smallest absolute Gasteiger partial charge is 0.322 e. The molecule has 6 nitrogen and oxygen atoms in total. The molecule has 2 aromatic carbocycles. The van der Waals surface area contributed by atoms with Crippen molar-refractivity contribution in [2.45, 2.75) is 33.0 Å². The van der Waals surface area contributed by atoms with Crippen molar-refractivity contribution in [1.82, 2.24) is 9.80 Å². The van der Waals surface area contributed by atoms with E-state index in [1.54, 1.807) is 47.6 Å². The lowest BCUT2D eigenvalue weighted by atomic mass is 10.2. The zero-order valence-corrected chi connectivity index (χ0v) is 19.5. The number of benzene rings is 2. The first kappa shape index (κ1) is 23.5. The lowest BCUT2D eigenvalue weighted by molar-refractivity contribution is -0.133. The normalized spacial score (nSPS) is 10.8. The van der Waals surface area contributed by atoms with Gasteiger partial charge in [0.05, 0.1) is 12.8 Å². The van der Waals surface area contributed by atoms with Crippen molar-refractivity contribution in [2.24, 2.45) is 0 Å². The van der Waals surface area contributed by atoms with Gasteiger partial charge in [-0.2, -0.15) is 0 Å². The van der Waals surface area contributed by atoms with Gasteiger partial charge >= 0.3 is 6.03 Å². The maximum Gasteiger partial charge on any atom is 0.322 e. The Hall–Kier alpha value is -3.13. The van der Waals surface area contributed by atoms with Gasteiger partial charge in [0.2, 0.25) is 5.91 Å². The second-order valence-corrected chi connectivity index (χ2v) is 8.53. The quantitative estimate of drug-likeness (QED) is 0.433. The molecule has 0 aliphatic carbocycles. The van der Waals surface area contributed by atoms with E-state index < -0.39 is 0 Å². The highest BCUT2D eigenvalue weighted by molar-refractivity contribution is 9.10. The first-order valence-corrected chi connectivity index (χ1v) is 11.0. The number of nitrogens with zero attached hydrogens (tertiary/aromatic N) is 2. The summed E-state index contributed by atoms with van der Waals surface area (Å²) < 4.78 is 19.6. The average molecular weight is 502 g/mol. The highest BCUT2D eigenvalue weighted by Gasteiger charge is 2.24. The Labute approximate surface area is 195 Å². The number of hydrogen-bond acceptors (Lipinski definition) is 3. The van der Waals surface area contributed by atoms with Gasteiger partial charge in [-0.1, -0.05) is 28.1 Å². The minimum absolute atomic E-state index is 0.109. The lowest BCUT2D eigenvalue weighted by Gasteiger charge is -2.30. The topological polar surface area (TPSA) is 65.8 Å².